The van der Waals surface area contributed by atoms with Crippen molar-refractivity contribution in [2.45, 2.75) is 12.8 Å². The molecule has 1 fully saturated rings. The maximum atomic E-state index is 11.1. The van der Waals surface area contributed by atoms with Crippen LogP contribution in [-0.4, -0.2) is 19.5 Å². The van der Waals surface area contributed by atoms with Crippen molar-refractivity contribution in [2.75, 3.05) is 13.1 Å². The van der Waals surface area contributed by atoms with E-state index in [-0.39, 0.29) is 0 Å². The number of rotatable bonds is 2. The molecule has 2 nitrogen and oxygen atoms in total. The van der Waals surface area contributed by atoms with E-state index in [0.29, 0.717) is 4.48 Å². The van der Waals surface area contributed by atoms with Crippen molar-refractivity contribution in [1.82, 2.24) is 4.48 Å². The van der Waals surface area contributed by atoms with E-state index < -0.39 is 0 Å². The molecule has 0 aromatic heterocycles. The maximum Gasteiger partial charge on any atom is 0.306 e. The molecule has 1 heterocycles. The van der Waals surface area contributed by atoms with E-state index in [0.717, 1.165) is 38.0 Å². The first-order valence-corrected chi connectivity index (χ1v) is 4.76. The minimum Gasteiger partial charge on any atom is -0.233 e. The molecule has 2 rings (SSSR count). The molecule has 0 N–H and O–H groups in total. The highest BCUT2D eigenvalue weighted by Gasteiger charge is 2.33. The quantitative estimate of drug-likeness (QED) is 0.497. The third-order valence-corrected chi connectivity index (χ3v) is 2.84. The first-order valence-electron chi connectivity index (χ1n) is 4.76. The number of nitrogens with zero attached hydrogens (tertiary/aromatic N) is 1. The Morgan fingerprint density at radius 1 is 1.08 bits per heavy atom. The fourth-order valence-corrected chi connectivity index (χ4v) is 2.05. The van der Waals surface area contributed by atoms with Crippen LogP contribution in [0.3, 0.4) is 0 Å². The molecule has 1 amide bonds. The van der Waals surface area contributed by atoms with Crippen LogP contribution in [0.25, 0.3) is 0 Å². The van der Waals surface area contributed by atoms with E-state index >= 15 is 0 Å². The lowest BCUT2D eigenvalue weighted by Gasteiger charge is -2.25. The molecule has 1 saturated heterocycles. The van der Waals surface area contributed by atoms with Gasteiger partial charge in [-0.1, -0.05) is 18.2 Å². The van der Waals surface area contributed by atoms with Gasteiger partial charge < -0.3 is 0 Å². The van der Waals surface area contributed by atoms with Crippen molar-refractivity contribution in [1.29, 1.82) is 0 Å². The largest absolute Gasteiger partial charge is 0.306 e. The Kier molecular flexibility index (Phi) is 2.15. The van der Waals surface area contributed by atoms with E-state index in [4.69, 9.17) is 0 Å². The van der Waals surface area contributed by atoms with E-state index in [2.05, 4.69) is 0 Å². The number of hydrogen-bond acceptors (Lipinski definition) is 1. The summed E-state index contributed by atoms with van der Waals surface area (Å²) in [6.07, 6.45) is 3.41. The van der Waals surface area contributed by atoms with E-state index in [1.165, 1.54) is 0 Å². The van der Waals surface area contributed by atoms with Gasteiger partial charge in [0.05, 0.1) is 13.1 Å². The van der Waals surface area contributed by atoms with Gasteiger partial charge in [0.2, 0.25) is 0 Å². The SMILES string of the molecule is O=C[N+]1(c2ccccc2)CCCC1. The summed E-state index contributed by atoms with van der Waals surface area (Å²) in [4.78, 5) is 11.1. The molecule has 2 heteroatoms. The Morgan fingerprint density at radius 2 is 1.69 bits per heavy atom. The molecule has 0 radical (unpaired) electrons. The van der Waals surface area contributed by atoms with Crippen LogP contribution in [0.2, 0.25) is 0 Å². The molecular formula is C11H14NO+. The number of para-hydroxylation sites is 1. The Labute approximate surface area is 78.4 Å². The van der Waals surface area contributed by atoms with Crippen LogP contribution < -0.4 is 4.48 Å². The van der Waals surface area contributed by atoms with Gasteiger partial charge in [0, 0.05) is 12.8 Å². The molecular weight excluding hydrogens is 162 g/mol. The van der Waals surface area contributed by atoms with Gasteiger partial charge in [-0.3, -0.25) is 0 Å². The van der Waals surface area contributed by atoms with Gasteiger partial charge in [-0.2, -0.15) is 0 Å². The van der Waals surface area contributed by atoms with Crippen molar-refractivity contribution in [3.63, 3.8) is 0 Å². The molecule has 1 aromatic rings. The Morgan fingerprint density at radius 3 is 2.23 bits per heavy atom. The first kappa shape index (κ1) is 8.45. The summed E-state index contributed by atoms with van der Waals surface area (Å²) >= 11 is 0. The molecule has 1 aliphatic rings. The molecule has 68 valence electrons. The van der Waals surface area contributed by atoms with Crippen molar-refractivity contribution in [3.05, 3.63) is 30.3 Å². The standard InChI is InChI=1S/C11H14NO/c13-10-12(8-4-5-9-12)11-6-2-1-3-7-11/h1-3,6-7,10H,4-5,8-9H2/q+1. The smallest absolute Gasteiger partial charge is 0.233 e. The predicted molar refractivity (Wildman–Crippen MR) is 53.3 cm³/mol. The summed E-state index contributed by atoms with van der Waals surface area (Å²) in [7, 11) is 0. The fraction of sp³-hybridized carbons (Fsp3) is 0.364. The average molecular weight is 176 g/mol. The third-order valence-electron chi connectivity index (χ3n) is 2.84. The van der Waals surface area contributed by atoms with Crippen LogP contribution in [-0.2, 0) is 4.79 Å². The van der Waals surface area contributed by atoms with Gasteiger partial charge >= 0.3 is 6.41 Å². The van der Waals surface area contributed by atoms with Gasteiger partial charge in [0.25, 0.3) is 0 Å². The van der Waals surface area contributed by atoms with E-state index in [9.17, 15) is 4.79 Å². The first-order chi connectivity index (χ1) is 6.37. The van der Waals surface area contributed by atoms with Gasteiger partial charge in [-0.05, 0) is 12.1 Å². The number of hydrogen-bond donors (Lipinski definition) is 0. The minimum atomic E-state index is 0.529. The molecule has 0 bridgehead atoms. The second-order valence-electron chi connectivity index (χ2n) is 3.63. The molecule has 0 aliphatic carbocycles. The minimum absolute atomic E-state index is 0.529. The summed E-state index contributed by atoms with van der Waals surface area (Å²) in [5.74, 6) is 0. The Hall–Kier alpha value is -1.15. The zero-order valence-corrected chi connectivity index (χ0v) is 7.65. The van der Waals surface area contributed by atoms with Crippen LogP contribution in [0.15, 0.2) is 30.3 Å². The van der Waals surface area contributed by atoms with Crippen molar-refractivity contribution >= 4 is 12.1 Å². The van der Waals surface area contributed by atoms with Crippen LogP contribution in [0.5, 0.6) is 0 Å². The van der Waals surface area contributed by atoms with Crippen molar-refractivity contribution in [3.8, 4) is 0 Å². The Balaban J connectivity index is 2.36. The summed E-state index contributed by atoms with van der Waals surface area (Å²) < 4.78 is 0.529. The van der Waals surface area contributed by atoms with Crippen molar-refractivity contribution < 1.29 is 4.79 Å². The predicted octanol–water partition coefficient (Wildman–Crippen LogP) is 1.94. The third kappa shape index (κ3) is 1.38. The van der Waals surface area contributed by atoms with Crippen LogP contribution >= 0.6 is 0 Å². The number of benzene rings is 1. The summed E-state index contributed by atoms with van der Waals surface area (Å²) in [6.45, 7) is 1.93. The molecule has 13 heavy (non-hydrogen) atoms. The van der Waals surface area contributed by atoms with E-state index in [1.807, 2.05) is 30.3 Å². The lowest BCUT2D eigenvalue weighted by atomic mass is 10.2. The summed E-state index contributed by atoms with van der Waals surface area (Å²) in [6, 6.07) is 10.1. The fourth-order valence-electron chi connectivity index (χ4n) is 2.05. The van der Waals surface area contributed by atoms with Gasteiger partial charge in [-0.15, -0.1) is 0 Å². The second-order valence-corrected chi connectivity index (χ2v) is 3.63. The molecule has 0 unspecified atom stereocenters. The monoisotopic (exact) mass is 176 g/mol. The van der Waals surface area contributed by atoms with Crippen LogP contribution in [0.1, 0.15) is 12.8 Å². The lowest BCUT2D eigenvalue weighted by molar-refractivity contribution is -0.116. The van der Waals surface area contributed by atoms with Gasteiger partial charge in [0.1, 0.15) is 5.69 Å². The highest BCUT2D eigenvalue weighted by Crippen LogP contribution is 2.26. The number of likely N-dealkylation sites (tertiary alicyclic amines) is 1. The molecule has 1 aliphatic heterocycles. The highest BCUT2D eigenvalue weighted by molar-refractivity contribution is 5.69. The molecule has 0 spiro atoms. The number of carbonyl (C=O) groups excluding carboxylic acids is 1. The average Bonchev–Trinajstić information content (AvgIpc) is 2.69. The summed E-state index contributed by atoms with van der Waals surface area (Å²) in [5, 5.41) is 0. The molecule has 0 atom stereocenters. The Bertz CT molecular complexity index is 288. The topological polar surface area (TPSA) is 17.1 Å². The lowest BCUT2D eigenvalue weighted by Crippen LogP contribution is -2.44. The highest BCUT2D eigenvalue weighted by atomic mass is 16.1. The number of amides is 1. The maximum absolute atomic E-state index is 11.1. The van der Waals surface area contributed by atoms with E-state index in [1.54, 1.807) is 0 Å². The number of carbonyl (C=O) groups is 1. The summed E-state index contributed by atoms with van der Waals surface area (Å²) in [5.41, 5.74) is 1.13. The van der Waals surface area contributed by atoms with Crippen molar-refractivity contribution in [2.24, 2.45) is 0 Å². The molecule has 0 saturated carbocycles. The number of quaternary nitrogens is 1. The van der Waals surface area contributed by atoms with Gasteiger partial charge in [0.15, 0.2) is 0 Å². The molecule has 1 aromatic carbocycles. The normalized spacial score (nSPS) is 20.0. The van der Waals surface area contributed by atoms with Crippen LogP contribution in [0, 0.1) is 0 Å². The zero-order valence-electron chi connectivity index (χ0n) is 7.65. The van der Waals surface area contributed by atoms with Crippen LogP contribution in [0.4, 0.5) is 5.69 Å². The zero-order chi connectivity index (χ0) is 9.15. The second kappa shape index (κ2) is 3.30. The van der Waals surface area contributed by atoms with Gasteiger partial charge in [-0.25, -0.2) is 9.28 Å².